The Labute approximate surface area is 123 Å². The fraction of sp³-hybridized carbons (Fsp3) is 0.176. The number of ether oxygens (including phenoxy) is 2. The molecule has 4 heteroatoms. The second kappa shape index (κ2) is 5.79. The fourth-order valence-corrected chi connectivity index (χ4v) is 2.27. The number of hydrogen-bond donors (Lipinski definition) is 0. The molecule has 0 saturated carbocycles. The van der Waals surface area contributed by atoms with Gasteiger partial charge in [0.15, 0.2) is 0 Å². The van der Waals surface area contributed by atoms with Gasteiger partial charge in [-0.05, 0) is 36.6 Å². The van der Waals surface area contributed by atoms with E-state index >= 15 is 0 Å². The maximum Gasteiger partial charge on any atom is 0.338 e. The van der Waals surface area contributed by atoms with Crippen molar-refractivity contribution in [2.24, 2.45) is 0 Å². The molecule has 0 spiro atoms. The van der Waals surface area contributed by atoms with Crippen molar-refractivity contribution in [3.63, 3.8) is 0 Å². The van der Waals surface area contributed by atoms with Crippen molar-refractivity contribution >= 4 is 11.5 Å². The number of hydrogen-bond acceptors (Lipinski definition) is 4. The maximum atomic E-state index is 11.9. The molecule has 0 unspecified atom stereocenters. The monoisotopic (exact) mass is 281 g/mol. The summed E-state index contributed by atoms with van der Waals surface area (Å²) in [6.07, 6.45) is 4.31. The third-order valence-corrected chi connectivity index (χ3v) is 3.24. The van der Waals surface area contributed by atoms with Crippen LogP contribution in [0.1, 0.15) is 18.1 Å². The van der Waals surface area contributed by atoms with E-state index in [-0.39, 0.29) is 5.97 Å². The number of para-hydroxylation sites is 1. The van der Waals surface area contributed by atoms with Gasteiger partial charge in [0.05, 0.1) is 12.2 Å². The molecule has 1 aromatic carbocycles. The largest absolute Gasteiger partial charge is 0.462 e. The van der Waals surface area contributed by atoms with Gasteiger partial charge in [0.25, 0.3) is 0 Å². The SMILES string of the molecule is CCOC(=O)C1=CCc2cnc(Oc3ccccc3)cc21. The highest BCUT2D eigenvalue weighted by Crippen LogP contribution is 2.31. The lowest BCUT2D eigenvalue weighted by Gasteiger charge is -2.08. The highest BCUT2D eigenvalue weighted by Gasteiger charge is 2.22. The van der Waals surface area contributed by atoms with E-state index < -0.39 is 0 Å². The van der Waals surface area contributed by atoms with E-state index in [1.165, 1.54) is 0 Å². The summed E-state index contributed by atoms with van der Waals surface area (Å²) < 4.78 is 10.8. The van der Waals surface area contributed by atoms with Crippen LogP contribution in [0, 0.1) is 0 Å². The van der Waals surface area contributed by atoms with Gasteiger partial charge in [0, 0.05) is 12.3 Å². The van der Waals surface area contributed by atoms with Crippen molar-refractivity contribution in [3.05, 3.63) is 59.8 Å². The van der Waals surface area contributed by atoms with Gasteiger partial charge in [-0.25, -0.2) is 9.78 Å². The van der Waals surface area contributed by atoms with E-state index in [0.717, 1.165) is 11.1 Å². The Balaban J connectivity index is 1.86. The topological polar surface area (TPSA) is 48.4 Å². The first kappa shape index (κ1) is 13.4. The van der Waals surface area contributed by atoms with Crippen molar-refractivity contribution in [1.29, 1.82) is 0 Å². The van der Waals surface area contributed by atoms with E-state index in [9.17, 15) is 4.79 Å². The van der Waals surface area contributed by atoms with Crippen molar-refractivity contribution in [3.8, 4) is 11.6 Å². The van der Waals surface area contributed by atoms with Crippen LogP contribution in [0.15, 0.2) is 48.7 Å². The molecule has 0 fully saturated rings. The number of carbonyl (C=O) groups excluding carboxylic acids is 1. The van der Waals surface area contributed by atoms with E-state index in [4.69, 9.17) is 9.47 Å². The molecule has 1 aromatic heterocycles. The smallest absolute Gasteiger partial charge is 0.338 e. The van der Waals surface area contributed by atoms with E-state index in [1.54, 1.807) is 19.2 Å². The highest BCUT2D eigenvalue weighted by atomic mass is 16.5. The minimum absolute atomic E-state index is 0.298. The molecule has 3 rings (SSSR count). The van der Waals surface area contributed by atoms with Crippen molar-refractivity contribution in [2.75, 3.05) is 6.61 Å². The molecule has 21 heavy (non-hydrogen) atoms. The molecule has 1 heterocycles. The van der Waals surface area contributed by atoms with Gasteiger partial charge >= 0.3 is 5.97 Å². The van der Waals surface area contributed by atoms with Crippen LogP contribution in [0.2, 0.25) is 0 Å². The summed E-state index contributed by atoms with van der Waals surface area (Å²) in [7, 11) is 0. The lowest BCUT2D eigenvalue weighted by atomic mass is 10.1. The molecule has 0 atom stereocenters. The molecule has 0 saturated heterocycles. The van der Waals surface area contributed by atoms with Gasteiger partial charge in [-0.1, -0.05) is 24.3 Å². The van der Waals surface area contributed by atoms with Crippen LogP contribution >= 0.6 is 0 Å². The minimum Gasteiger partial charge on any atom is -0.462 e. The lowest BCUT2D eigenvalue weighted by Crippen LogP contribution is -2.06. The molecule has 0 N–H and O–H groups in total. The van der Waals surface area contributed by atoms with Gasteiger partial charge in [-0.3, -0.25) is 0 Å². The van der Waals surface area contributed by atoms with E-state index in [0.29, 0.717) is 30.2 Å². The van der Waals surface area contributed by atoms with Crippen molar-refractivity contribution in [1.82, 2.24) is 4.98 Å². The zero-order chi connectivity index (χ0) is 14.7. The van der Waals surface area contributed by atoms with Gasteiger partial charge in [-0.15, -0.1) is 0 Å². The Morgan fingerprint density at radius 1 is 1.29 bits per heavy atom. The fourth-order valence-electron chi connectivity index (χ4n) is 2.27. The normalized spacial score (nSPS) is 12.5. The maximum absolute atomic E-state index is 11.9. The van der Waals surface area contributed by atoms with E-state index in [1.807, 2.05) is 36.4 Å². The third kappa shape index (κ3) is 2.79. The van der Waals surface area contributed by atoms with Gasteiger partial charge in [0.1, 0.15) is 5.75 Å². The Bertz CT molecular complexity index is 692. The second-order valence-electron chi connectivity index (χ2n) is 4.64. The first-order valence-corrected chi connectivity index (χ1v) is 6.87. The molecule has 0 bridgehead atoms. The van der Waals surface area contributed by atoms with Crippen LogP contribution in [0.5, 0.6) is 11.6 Å². The number of nitrogens with zero attached hydrogens (tertiary/aromatic N) is 1. The Morgan fingerprint density at radius 3 is 2.86 bits per heavy atom. The van der Waals surface area contributed by atoms with Crippen LogP contribution in [0.4, 0.5) is 0 Å². The van der Waals surface area contributed by atoms with Gasteiger partial charge in [-0.2, -0.15) is 0 Å². The quantitative estimate of drug-likeness (QED) is 0.806. The number of rotatable bonds is 4. The molecular weight excluding hydrogens is 266 g/mol. The third-order valence-electron chi connectivity index (χ3n) is 3.24. The number of carbonyl (C=O) groups is 1. The Morgan fingerprint density at radius 2 is 2.10 bits per heavy atom. The van der Waals surface area contributed by atoms with Crippen molar-refractivity contribution in [2.45, 2.75) is 13.3 Å². The molecule has 0 amide bonds. The number of benzene rings is 1. The Hall–Kier alpha value is -2.62. The number of fused-ring (bicyclic) bond motifs is 1. The van der Waals surface area contributed by atoms with Crippen LogP contribution in [-0.2, 0) is 16.0 Å². The number of esters is 1. The molecule has 1 aliphatic carbocycles. The summed E-state index contributed by atoms with van der Waals surface area (Å²) in [5.74, 6) is 0.884. The number of allylic oxidation sites excluding steroid dienone is 1. The van der Waals surface area contributed by atoms with Crippen LogP contribution in [0.3, 0.4) is 0 Å². The first-order chi connectivity index (χ1) is 10.3. The lowest BCUT2D eigenvalue weighted by molar-refractivity contribution is -0.136. The van der Waals surface area contributed by atoms with E-state index in [2.05, 4.69) is 4.98 Å². The summed E-state index contributed by atoms with van der Waals surface area (Å²) in [6.45, 7) is 2.16. The summed E-state index contributed by atoms with van der Waals surface area (Å²) in [5.41, 5.74) is 2.44. The molecule has 0 radical (unpaired) electrons. The zero-order valence-corrected chi connectivity index (χ0v) is 11.7. The minimum atomic E-state index is -0.298. The van der Waals surface area contributed by atoms with Gasteiger partial charge in [0.2, 0.25) is 5.88 Å². The summed E-state index contributed by atoms with van der Waals surface area (Å²) >= 11 is 0. The molecule has 0 aliphatic heterocycles. The van der Waals surface area contributed by atoms with Crippen LogP contribution < -0.4 is 4.74 Å². The van der Waals surface area contributed by atoms with Crippen LogP contribution in [0.25, 0.3) is 5.57 Å². The molecule has 2 aromatic rings. The average Bonchev–Trinajstić information content (AvgIpc) is 2.92. The first-order valence-electron chi connectivity index (χ1n) is 6.87. The average molecular weight is 281 g/mol. The number of pyridine rings is 1. The molecule has 4 nitrogen and oxygen atoms in total. The predicted molar refractivity (Wildman–Crippen MR) is 79.1 cm³/mol. The zero-order valence-electron chi connectivity index (χ0n) is 11.7. The summed E-state index contributed by atoms with van der Waals surface area (Å²) in [5, 5.41) is 0. The molecule has 106 valence electrons. The predicted octanol–water partition coefficient (Wildman–Crippen LogP) is 3.38. The summed E-state index contributed by atoms with van der Waals surface area (Å²) in [6, 6.07) is 11.2. The van der Waals surface area contributed by atoms with Crippen LogP contribution in [-0.4, -0.2) is 17.6 Å². The number of aromatic nitrogens is 1. The Kier molecular flexibility index (Phi) is 3.69. The second-order valence-corrected chi connectivity index (χ2v) is 4.64. The summed E-state index contributed by atoms with van der Waals surface area (Å²) in [4.78, 5) is 16.2. The molecular formula is C17H15NO3. The standard InChI is InChI=1S/C17H15NO3/c1-2-20-17(19)14-9-8-12-11-18-16(10-15(12)14)21-13-6-4-3-5-7-13/h3-7,9-11H,2,8H2,1H3. The highest BCUT2D eigenvalue weighted by molar-refractivity contribution is 6.18. The van der Waals surface area contributed by atoms with Gasteiger partial charge < -0.3 is 9.47 Å². The van der Waals surface area contributed by atoms with Crippen molar-refractivity contribution < 1.29 is 14.3 Å². The molecule has 1 aliphatic rings.